The number of carbonyl (C=O) groups excluding carboxylic acids is 1. The first-order valence-corrected chi connectivity index (χ1v) is 5.06. The SMILES string of the molecule is CC(=O)c1cnc(-n2cnc(C)c2)c(C)c1. The number of ketones is 1. The Balaban J connectivity index is 2.47. The molecule has 2 rings (SSSR count). The summed E-state index contributed by atoms with van der Waals surface area (Å²) in [5.41, 5.74) is 2.54. The van der Waals surface area contributed by atoms with E-state index in [1.54, 1.807) is 12.5 Å². The maximum Gasteiger partial charge on any atom is 0.161 e. The highest BCUT2D eigenvalue weighted by Gasteiger charge is 2.06. The zero-order valence-corrected chi connectivity index (χ0v) is 9.56. The van der Waals surface area contributed by atoms with Crippen LogP contribution in [-0.4, -0.2) is 20.3 Å². The zero-order chi connectivity index (χ0) is 11.7. The molecule has 0 amide bonds. The number of hydrogen-bond donors (Lipinski definition) is 0. The molecule has 0 fully saturated rings. The van der Waals surface area contributed by atoms with Crippen molar-refractivity contribution in [1.29, 1.82) is 0 Å². The van der Waals surface area contributed by atoms with Crippen LogP contribution in [0, 0.1) is 13.8 Å². The van der Waals surface area contributed by atoms with Crippen molar-refractivity contribution in [2.45, 2.75) is 20.8 Å². The van der Waals surface area contributed by atoms with Gasteiger partial charge in [0.15, 0.2) is 5.78 Å². The summed E-state index contributed by atoms with van der Waals surface area (Å²) in [6.07, 6.45) is 5.22. The highest BCUT2D eigenvalue weighted by Crippen LogP contribution is 2.13. The lowest BCUT2D eigenvalue weighted by Gasteiger charge is -2.06. The summed E-state index contributed by atoms with van der Waals surface area (Å²) in [6, 6.07) is 1.85. The lowest BCUT2D eigenvalue weighted by molar-refractivity contribution is 0.101. The third-order valence-electron chi connectivity index (χ3n) is 2.41. The third kappa shape index (κ3) is 1.86. The fourth-order valence-corrected chi connectivity index (χ4v) is 1.57. The number of aromatic nitrogens is 3. The molecule has 0 radical (unpaired) electrons. The van der Waals surface area contributed by atoms with Gasteiger partial charge in [-0.3, -0.25) is 9.36 Å². The van der Waals surface area contributed by atoms with E-state index < -0.39 is 0 Å². The smallest absolute Gasteiger partial charge is 0.161 e. The van der Waals surface area contributed by atoms with Crippen molar-refractivity contribution in [2.24, 2.45) is 0 Å². The molecule has 0 N–H and O–H groups in total. The van der Waals surface area contributed by atoms with Gasteiger partial charge in [-0.2, -0.15) is 0 Å². The molecule has 0 aliphatic heterocycles. The van der Waals surface area contributed by atoms with E-state index in [1.807, 2.05) is 30.7 Å². The normalized spacial score (nSPS) is 10.4. The summed E-state index contributed by atoms with van der Waals surface area (Å²) >= 11 is 0. The van der Waals surface area contributed by atoms with Crippen molar-refractivity contribution >= 4 is 5.78 Å². The van der Waals surface area contributed by atoms with E-state index in [1.165, 1.54) is 6.92 Å². The van der Waals surface area contributed by atoms with Gasteiger partial charge in [-0.05, 0) is 32.4 Å². The maximum atomic E-state index is 11.2. The second kappa shape index (κ2) is 3.89. The summed E-state index contributed by atoms with van der Waals surface area (Å²) in [5, 5.41) is 0. The Kier molecular flexibility index (Phi) is 2.56. The van der Waals surface area contributed by atoms with Gasteiger partial charge in [-0.25, -0.2) is 9.97 Å². The molecule has 0 unspecified atom stereocenters. The van der Waals surface area contributed by atoms with Crippen LogP contribution < -0.4 is 0 Å². The van der Waals surface area contributed by atoms with E-state index in [0.717, 1.165) is 17.1 Å². The molecule has 0 saturated heterocycles. The second-order valence-electron chi connectivity index (χ2n) is 3.84. The van der Waals surface area contributed by atoms with Gasteiger partial charge in [0.1, 0.15) is 12.1 Å². The molecular formula is C12H13N3O. The van der Waals surface area contributed by atoms with Crippen molar-refractivity contribution < 1.29 is 4.79 Å². The molecule has 0 bridgehead atoms. The lowest BCUT2D eigenvalue weighted by atomic mass is 10.1. The van der Waals surface area contributed by atoms with Gasteiger partial charge in [0.05, 0.1) is 5.69 Å². The van der Waals surface area contributed by atoms with Crippen LogP contribution >= 0.6 is 0 Å². The topological polar surface area (TPSA) is 47.8 Å². The lowest BCUT2D eigenvalue weighted by Crippen LogP contribution is -2.01. The van der Waals surface area contributed by atoms with Crippen molar-refractivity contribution in [3.8, 4) is 5.82 Å². The largest absolute Gasteiger partial charge is 0.294 e. The summed E-state index contributed by atoms with van der Waals surface area (Å²) in [4.78, 5) is 19.6. The van der Waals surface area contributed by atoms with E-state index in [4.69, 9.17) is 0 Å². The van der Waals surface area contributed by atoms with E-state index >= 15 is 0 Å². The summed E-state index contributed by atoms with van der Waals surface area (Å²) < 4.78 is 1.86. The predicted molar refractivity (Wildman–Crippen MR) is 60.8 cm³/mol. The Morgan fingerprint density at radius 2 is 2.06 bits per heavy atom. The minimum atomic E-state index is 0.0314. The van der Waals surface area contributed by atoms with Crippen LogP contribution in [0.1, 0.15) is 28.5 Å². The summed E-state index contributed by atoms with van der Waals surface area (Å²) in [7, 11) is 0. The second-order valence-corrected chi connectivity index (χ2v) is 3.84. The number of Topliss-reactive ketones (excluding diaryl/α,β-unsaturated/α-hetero) is 1. The van der Waals surface area contributed by atoms with E-state index in [2.05, 4.69) is 9.97 Å². The van der Waals surface area contributed by atoms with Crippen molar-refractivity contribution in [3.63, 3.8) is 0 Å². The number of rotatable bonds is 2. The Bertz CT molecular complexity index is 543. The van der Waals surface area contributed by atoms with E-state index in [9.17, 15) is 4.79 Å². The van der Waals surface area contributed by atoms with Crippen molar-refractivity contribution in [3.05, 3.63) is 41.6 Å². The molecule has 0 aliphatic carbocycles. The van der Waals surface area contributed by atoms with Gasteiger partial charge in [0.2, 0.25) is 0 Å². The van der Waals surface area contributed by atoms with Crippen LogP contribution in [0.3, 0.4) is 0 Å². The monoisotopic (exact) mass is 215 g/mol. The quantitative estimate of drug-likeness (QED) is 0.721. The number of pyridine rings is 1. The predicted octanol–water partition coefficient (Wildman–Crippen LogP) is 2.09. The van der Waals surface area contributed by atoms with Gasteiger partial charge < -0.3 is 0 Å². The van der Waals surface area contributed by atoms with E-state index in [0.29, 0.717) is 5.56 Å². The van der Waals surface area contributed by atoms with Crippen molar-refractivity contribution in [1.82, 2.24) is 14.5 Å². The molecule has 0 atom stereocenters. The molecule has 2 aromatic rings. The fraction of sp³-hybridized carbons (Fsp3) is 0.250. The van der Waals surface area contributed by atoms with E-state index in [-0.39, 0.29) is 5.78 Å². The van der Waals surface area contributed by atoms with Crippen molar-refractivity contribution in [2.75, 3.05) is 0 Å². The minimum absolute atomic E-state index is 0.0314. The van der Waals surface area contributed by atoms with Crippen LogP contribution in [0.2, 0.25) is 0 Å². The third-order valence-corrected chi connectivity index (χ3v) is 2.41. The molecule has 4 nitrogen and oxygen atoms in total. The first-order valence-electron chi connectivity index (χ1n) is 5.06. The van der Waals surface area contributed by atoms with Crippen LogP contribution in [-0.2, 0) is 0 Å². The summed E-state index contributed by atoms with van der Waals surface area (Å²) in [6.45, 7) is 5.40. The van der Waals surface area contributed by atoms with Gasteiger partial charge in [-0.15, -0.1) is 0 Å². The average Bonchev–Trinajstić information content (AvgIpc) is 2.64. The Morgan fingerprint density at radius 1 is 1.31 bits per heavy atom. The average molecular weight is 215 g/mol. The standard InChI is InChI=1S/C12H13N3O/c1-8-4-11(10(3)16)5-13-12(8)15-6-9(2)14-7-15/h4-7H,1-3H3. The molecule has 4 heteroatoms. The van der Waals surface area contributed by atoms with Gasteiger partial charge in [0.25, 0.3) is 0 Å². The van der Waals surface area contributed by atoms with Gasteiger partial charge in [0, 0.05) is 18.0 Å². The number of imidazole rings is 1. The number of aryl methyl sites for hydroxylation is 2. The number of carbonyl (C=O) groups is 1. The highest BCUT2D eigenvalue weighted by molar-refractivity contribution is 5.94. The zero-order valence-electron chi connectivity index (χ0n) is 9.56. The Morgan fingerprint density at radius 3 is 2.56 bits per heavy atom. The molecular weight excluding hydrogens is 202 g/mol. The van der Waals surface area contributed by atoms with Crippen LogP contribution in [0.5, 0.6) is 0 Å². The molecule has 0 saturated carbocycles. The minimum Gasteiger partial charge on any atom is -0.294 e. The molecule has 0 aromatic carbocycles. The molecule has 82 valence electrons. The molecule has 0 aliphatic rings. The summed E-state index contributed by atoms with van der Waals surface area (Å²) in [5.74, 6) is 0.842. The first-order chi connectivity index (χ1) is 7.58. The fourth-order valence-electron chi connectivity index (χ4n) is 1.57. The van der Waals surface area contributed by atoms with Crippen LogP contribution in [0.4, 0.5) is 0 Å². The Hall–Kier alpha value is -1.97. The highest BCUT2D eigenvalue weighted by atomic mass is 16.1. The number of hydrogen-bond acceptors (Lipinski definition) is 3. The molecule has 0 spiro atoms. The molecule has 16 heavy (non-hydrogen) atoms. The van der Waals surface area contributed by atoms with Gasteiger partial charge in [-0.1, -0.05) is 0 Å². The molecule has 2 aromatic heterocycles. The maximum absolute atomic E-state index is 11.2. The number of nitrogens with zero attached hydrogens (tertiary/aromatic N) is 3. The molecule has 2 heterocycles. The van der Waals surface area contributed by atoms with Crippen LogP contribution in [0.15, 0.2) is 24.8 Å². The van der Waals surface area contributed by atoms with Gasteiger partial charge >= 0.3 is 0 Å². The first kappa shape index (κ1) is 10.5. The van der Waals surface area contributed by atoms with Crippen LogP contribution in [0.25, 0.3) is 5.82 Å². The Labute approximate surface area is 94.0 Å².